The van der Waals surface area contributed by atoms with Crippen LogP contribution in [0.3, 0.4) is 0 Å². The lowest BCUT2D eigenvalue weighted by atomic mass is 10.0. The molecule has 0 saturated heterocycles. The molecule has 4 aromatic heterocycles. The standard InChI is InChI=1S/C24H14F2N6/c25-16-5-1-3-13(9-16)20-23-19(6-8-28-20)29-24(30-23)22-17-10-15(14-4-2-7-27-12-14)11-18(26)21(17)31-32-22/h1-12H,(H,29,30)(H,31,32). The number of pyridine rings is 2. The highest BCUT2D eigenvalue weighted by Gasteiger charge is 2.18. The van der Waals surface area contributed by atoms with E-state index in [-0.39, 0.29) is 11.3 Å². The van der Waals surface area contributed by atoms with Crippen molar-refractivity contribution in [2.45, 2.75) is 0 Å². The van der Waals surface area contributed by atoms with E-state index in [0.717, 1.165) is 11.1 Å². The second kappa shape index (κ2) is 7.05. The van der Waals surface area contributed by atoms with Crippen LogP contribution >= 0.6 is 0 Å². The SMILES string of the molecule is Fc1cccc(-c2nccc3[nH]c(-c4[nH]nc5c(F)cc(-c6cccnc6)cc45)nc23)c1. The Kier molecular flexibility index (Phi) is 4.04. The summed E-state index contributed by atoms with van der Waals surface area (Å²) in [7, 11) is 0. The van der Waals surface area contributed by atoms with Gasteiger partial charge in [0.2, 0.25) is 0 Å². The van der Waals surface area contributed by atoms with E-state index in [0.29, 0.717) is 39.2 Å². The minimum absolute atomic E-state index is 0.219. The molecule has 6 aromatic rings. The zero-order valence-electron chi connectivity index (χ0n) is 16.5. The van der Waals surface area contributed by atoms with Crippen molar-refractivity contribution in [1.82, 2.24) is 30.1 Å². The summed E-state index contributed by atoms with van der Waals surface area (Å²) in [6.07, 6.45) is 4.98. The normalized spacial score (nSPS) is 11.4. The second-order valence-corrected chi connectivity index (χ2v) is 7.35. The quantitative estimate of drug-likeness (QED) is 0.393. The molecule has 0 aliphatic carbocycles. The first kappa shape index (κ1) is 18.3. The van der Waals surface area contributed by atoms with E-state index in [4.69, 9.17) is 4.98 Å². The van der Waals surface area contributed by atoms with Crippen molar-refractivity contribution < 1.29 is 8.78 Å². The summed E-state index contributed by atoms with van der Waals surface area (Å²) in [6.45, 7) is 0. The predicted molar refractivity (Wildman–Crippen MR) is 118 cm³/mol. The molecular weight excluding hydrogens is 410 g/mol. The van der Waals surface area contributed by atoms with Gasteiger partial charge in [-0.1, -0.05) is 18.2 Å². The summed E-state index contributed by atoms with van der Waals surface area (Å²) in [6, 6.07) is 14.9. The monoisotopic (exact) mass is 424 g/mol. The number of halogens is 2. The first-order chi connectivity index (χ1) is 15.7. The Bertz CT molecular complexity index is 1600. The fraction of sp³-hybridized carbons (Fsp3) is 0. The van der Waals surface area contributed by atoms with E-state index in [1.165, 1.54) is 18.2 Å². The number of aromatic nitrogens is 6. The maximum Gasteiger partial charge on any atom is 0.157 e. The summed E-state index contributed by atoms with van der Waals surface area (Å²) in [5.74, 6) is -0.312. The largest absolute Gasteiger partial charge is 0.337 e. The number of benzene rings is 2. The third-order valence-electron chi connectivity index (χ3n) is 5.34. The van der Waals surface area contributed by atoms with Crippen LogP contribution in [0.1, 0.15) is 0 Å². The summed E-state index contributed by atoms with van der Waals surface area (Å²) < 4.78 is 28.6. The molecule has 0 spiro atoms. The third-order valence-corrected chi connectivity index (χ3v) is 5.34. The lowest BCUT2D eigenvalue weighted by molar-refractivity contribution is 0.628. The van der Waals surface area contributed by atoms with Gasteiger partial charge in [-0.3, -0.25) is 15.1 Å². The summed E-state index contributed by atoms with van der Waals surface area (Å²) in [5, 5.41) is 7.64. The van der Waals surface area contributed by atoms with E-state index >= 15 is 0 Å². The highest BCUT2D eigenvalue weighted by molar-refractivity contribution is 5.97. The van der Waals surface area contributed by atoms with Crippen molar-refractivity contribution >= 4 is 21.9 Å². The Balaban J connectivity index is 1.54. The van der Waals surface area contributed by atoms with Crippen molar-refractivity contribution in [1.29, 1.82) is 0 Å². The molecular formula is C24H14F2N6. The average molecular weight is 424 g/mol. The van der Waals surface area contributed by atoms with E-state index < -0.39 is 5.82 Å². The fourth-order valence-corrected chi connectivity index (χ4v) is 3.86. The molecule has 0 atom stereocenters. The van der Waals surface area contributed by atoms with Gasteiger partial charge in [-0.05, 0) is 42.0 Å². The van der Waals surface area contributed by atoms with Gasteiger partial charge in [0.15, 0.2) is 11.6 Å². The molecule has 8 heteroatoms. The fourth-order valence-electron chi connectivity index (χ4n) is 3.86. The van der Waals surface area contributed by atoms with Crippen molar-refractivity contribution in [3.8, 4) is 33.9 Å². The maximum absolute atomic E-state index is 14.8. The van der Waals surface area contributed by atoms with Crippen molar-refractivity contribution in [2.75, 3.05) is 0 Å². The van der Waals surface area contributed by atoms with Gasteiger partial charge in [0, 0.05) is 35.1 Å². The number of fused-ring (bicyclic) bond motifs is 2. The van der Waals surface area contributed by atoms with E-state index in [2.05, 4.69) is 25.1 Å². The van der Waals surface area contributed by atoms with Gasteiger partial charge >= 0.3 is 0 Å². The van der Waals surface area contributed by atoms with Crippen molar-refractivity contribution in [2.24, 2.45) is 0 Å². The first-order valence-corrected chi connectivity index (χ1v) is 9.86. The molecule has 0 fully saturated rings. The zero-order valence-corrected chi connectivity index (χ0v) is 16.5. The number of nitrogens with one attached hydrogen (secondary N) is 2. The van der Waals surface area contributed by atoms with Crippen LogP contribution in [0.5, 0.6) is 0 Å². The molecule has 2 N–H and O–H groups in total. The minimum atomic E-state index is -0.443. The Morgan fingerprint density at radius 2 is 1.72 bits per heavy atom. The Hall–Kier alpha value is -4.46. The Morgan fingerprint density at radius 1 is 0.812 bits per heavy atom. The summed E-state index contributed by atoms with van der Waals surface area (Å²) >= 11 is 0. The number of hydrogen-bond donors (Lipinski definition) is 2. The van der Waals surface area contributed by atoms with Crippen LogP contribution in [0.15, 0.2) is 73.2 Å². The van der Waals surface area contributed by atoms with Crippen LogP contribution in [-0.2, 0) is 0 Å². The second-order valence-electron chi connectivity index (χ2n) is 7.35. The molecule has 0 bridgehead atoms. The number of H-pyrrole nitrogens is 2. The molecule has 154 valence electrons. The van der Waals surface area contributed by atoms with Crippen LogP contribution in [0.25, 0.3) is 55.8 Å². The lowest BCUT2D eigenvalue weighted by Gasteiger charge is -2.02. The van der Waals surface area contributed by atoms with Crippen molar-refractivity contribution in [3.63, 3.8) is 0 Å². The molecule has 0 radical (unpaired) electrons. The van der Waals surface area contributed by atoms with Gasteiger partial charge in [0.1, 0.15) is 22.5 Å². The smallest absolute Gasteiger partial charge is 0.157 e. The molecule has 32 heavy (non-hydrogen) atoms. The molecule has 0 amide bonds. The molecule has 6 rings (SSSR count). The number of imidazole rings is 1. The summed E-state index contributed by atoms with van der Waals surface area (Å²) in [4.78, 5) is 16.5. The third kappa shape index (κ3) is 2.92. The molecule has 0 aliphatic heterocycles. The highest BCUT2D eigenvalue weighted by atomic mass is 19.1. The molecule has 2 aromatic carbocycles. The minimum Gasteiger partial charge on any atom is -0.337 e. The first-order valence-electron chi connectivity index (χ1n) is 9.86. The van der Waals surface area contributed by atoms with Crippen LogP contribution in [0.4, 0.5) is 8.78 Å². The van der Waals surface area contributed by atoms with Crippen molar-refractivity contribution in [3.05, 3.63) is 84.8 Å². The van der Waals surface area contributed by atoms with Crippen LogP contribution in [0.2, 0.25) is 0 Å². The van der Waals surface area contributed by atoms with Gasteiger partial charge in [0.25, 0.3) is 0 Å². The molecule has 6 nitrogen and oxygen atoms in total. The number of aromatic amines is 2. The Labute approximate surface area is 180 Å². The van der Waals surface area contributed by atoms with Crippen LogP contribution in [-0.4, -0.2) is 30.1 Å². The highest BCUT2D eigenvalue weighted by Crippen LogP contribution is 2.33. The van der Waals surface area contributed by atoms with E-state index in [1.54, 1.807) is 42.9 Å². The van der Waals surface area contributed by atoms with E-state index in [1.807, 2.05) is 12.1 Å². The molecule has 0 unspecified atom stereocenters. The lowest BCUT2D eigenvalue weighted by Crippen LogP contribution is -1.87. The zero-order chi connectivity index (χ0) is 21.7. The molecule has 4 heterocycles. The van der Waals surface area contributed by atoms with Crippen LogP contribution in [0, 0.1) is 11.6 Å². The van der Waals surface area contributed by atoms with Gasteiger partial charge in [-0.2, -0.15) is 5.10 Å². The summed E-state index contributed by atoms with van der Waals surface area (Å²) in [5.41, 5.74) is 4.72. The average Bonchev–Trinajstić information content (AvgIpc) is 3.44. The topological polar surface area (TPSA) is 83.1 Å². The van der Waals surface area contributed by atoms with Gasteiger partial charge in [-0.15, -0.1) is 0 Å². The van der Waals surface area contributed by atoms with Gasteiger partial charge < -0.3 is 4.98 Å². The number of nitrogens with zero attached hydrogens (tertiary/aromatic N) is 4. The number of rotatable bonds is 3. The van der Waals surface area contributed by atoms with Gasteiger partial charge in [-0.25, -0.2) is 13.8 Å². The predicted octanol–water partition coefficient (Wildman–Crippen LogP) is 5.51. The maximum atomic E-state index is 14.8. The van der Waals surface area contributed by atoms with E-state index in [9.17, 15) is 8.78 Å². The molecule has 0 aliphatic rings. The number of hydrogen-bond acceptors (Lipinski definition) is 4. The Morgan fingerprint density at radius 3 is 2.56 bits per heavy atom. The van der Waals surface area contributed by atoms with Gasteiger partial charge in [0.05, 0.1) is 11.2 Å². The van der Waals surface area contributed by atoms with Crippen LogP contribution < -0.4 is 0 Å². The molecule has 0 saturated carbocycles.